The van der Waals surface area contributed by atoms with Gasteiger partial charge in [-0.25, -0.2) is 0 Å². The first kappa shape index (κ1) is 11.1. The average molecular weight is 233 g/mol. The Hall–Kier alpha value is -1.38. The number of nitrogens with one attached hydrogen (secondary N) is 1. The first-order valence-electron chi connectivity index (χ1n) is 5.15. The molecule has 0 aliphatic rings. The second-order valence-corrected chi connectivity index (χ2v) is 4.02. The zero-order valence-electron chi connectivity index (χ0n) is 9.07. The number of aromatic nitrogens is 1. The lowest BCUT2D eigenvalue weighted by molar-refractivity contribution is 0.791. The first-order chi connectivity index (χ1) is 7.79. The summed E-state index contributed by atoms with van der Waals surface area (Å²) in [7, 11) is 1.91. The summed E-state index contributed by atoms with van der Waals surface area (Å²) in [5.74, 6) is 0. The highest BCUT2D eigenvalue weighted by Gasteiger charge is 1.99. The number of rotatable bonds is 3. The van der Waals surface area contributed by atoms with Gasteiger partial charge in [0.15, 0.2) is 0 Å². The molecule has 2 rings (SSSR count). The molecule has 0 saturated carbocycles. The quantitative estimate of drug-likeness (QED) is 0.880. The highest BCUT2D eigenvalue weighted by atomic mass is 35.5. The molecule has 0 aliphatic heterocycles. The van der Waals surface area contributed by atoms with Gasteiger partial charge in [0.2, 0.25) is 0 Å². The van der Waals surface area contributed by atoms with Crippen molar-refractivity contribution in [1.29, 1.82) is 0 Å². The van der Waals surface area contributed by atoms with Gasteiger partial charge in [0, 0.05) is 23.3 Å². The second kappa shape index (κ2) is 5.10. The summed E-state index contributed by atoms with van der Waals surface area (Å²) >= 11 is 5.95. The molecule has 1 aromatic heterocycles. The zero-order valence-corrected chi connectivity index (χ0v) is 9.83. The van der Waals surface area contributed by atoms with Crippen LogP contribution < -0.4 is 5.32 Å². The van der Waals surface area contributed by atoms with Gasteiger partial charge >= 0.3 is 0 Å². The van der Waals surface area contributed by atoms with Gasteiger partial charge in [-0.1, -0.05) is 29.8 Å². The molecule has 2 nitrogen and oxygen atoms in total. The Bertz CT molecular complexity index is 466. The van der Waals surface area contributed by atoms with Crippen LogP contribution in [-0.2, 0) is 6.54 Å². The van der Waals surface area contributed by atoms with Gasteiger partial charge in [0.25, 0.3) is 0 Å². The van der Waals surface area contributed by atoms with Crippen LogP contribution in [0.15, 0.2) is 42.6 Å². The highest BCUT2D eigenvalue weighted by molar-refractivity contribution is 6.30. The molecule has 1 N–H and O–H groups in total. The Morgan fingerprint density at radius 2 is 2.06 bits per heavy atom. The van der Waals surface area contributed by atoms with E-state index in [4.69, 9.17) is 11.6 Å². The number of benzene rings is 1. The lowest BCUT2D eigenvalue weighted by Crippen LogP contribution is -2.06. The number of hydrogen-bond donors (Lipinski definition) is 1. The van der Waals surface area contributed by atoms with Crippen molar-refractivity contribution in [2.45, 2.75) is 6.54 Å². The van der Waals surface area contributed by atoms with Gasteiger partial charge in [-0.05, 0) is 30.8 Å². The van der Waals surface area contributed by atoms with E-state index < -0.39 is 0 Å². The van der Waals surface area contributed by atoms with E-state index in [1.54, 1.807) is 0 Å². The van der Waals surface area contributed by atoms with E-state index in [1.807, 2.05) is 43.6 Å². The molecule has 0 saturated heterocycles. The van der Waals surface area contributed by atoms with Gasteiger partial charge in [-0.3, -0.25) is 4.98 Å². The molecule has 0 spiro atoms. The van der Waals surface area contributed by atoms with E-state index in [-0.39, 0.29) is 0 Å². The molecule has 0 fully saturated rings. The van der Waals surface area contributed by atoms with Gasteiger partial charge in [-0.15, -0.1) is 0 Å². The Balaban J connectivity index is 2.27. The zero-order chi connectivity index (χ0) is 11.4. The summed E-state index contributed by atoms with van der Waals surface area (Å²) in [4.78, 5) is 4.37. The highest BCUT2D eigenvalue weighted by Crippen LogP contribution is 2.21. The Morgan fingerprint density at radius 3 is 2.69 bits per heavy atom. The van der Waals surface area contributed by atoms with E-state index >= 15 is 0 Å². The second-order valence-electron chi connectivity index (χ2n) is 3.58. The van der Waals surface area contributed by atoms with Crippen LogP contribution in [0.4, 0.5) is 0 Å². The fraction of sp³-hybridized carbons (Fsp3) is 0.154. The molecule has 0 aliphatic carbocycles. The Labute approximate surface area is 100 Å². The van der Waals surface area contributed by atoms with Crippen molar-refractivity contribution in [1.82, 2.24) is 10.3 Å². The topological polar surface area (TPSA) is 24.9 Å². The molecule has 0 bridgehead atoms. The fourth-order valence-electron chi connectivity index (χ4n) is 1.55. The summed E-state index contributed by atoms with van der Waals surface area (Å²) in [5, 5.41) is 3.82. The first-order valence-corrected chi connectivity index (χ1v) is 5.53. The van der Waals surface area contributed by atoms with E-state index in [1.165, 1.54) is 0 Å². The number of nitrogens with zero attached hydrogens (tertiary/aromatic N) is 1. The third-order valence-corrected chi connectivity index (χ3v) is 2.58. The van der Waals surface area contributed by atoms with Crippen LogP contribution in [0.5, 0.6) is 0 Å². The van der Waals surface area contributed by atoms with Crippen molar-refractivity contribution in [3.05, 3.63) is 53.3 Å². The molecule has 1 heterocycles. The Kier molecular flexibility index (Phi) is 3.54. The van der Waals surface area contributed by atoms with Crippen LogP contribution in [-0.4, -0.2) is 12.0 Å². The van der Waals surface area contributed by atoms with E-state index in [0.29, 0.717) is 0 Å². The molecule has 82 valence electrons. The normalized spacial score (nSPS) is 10.4. The van der Waals surface area contributed by atoms with Crippen molar-refractivity contribution in [3.63, 3.8) is 0 Å². The van der Waals surface area contributed by atoms with Crippen LogP contribution in [0.3, 0.4) is 0 Å². The van der Waals surface area contributed by atoms with Gasteiger partial charge in [0.1, 0.15) is 0 Å². The van der Waals surface area contributed by atoms with Crippen LogP contribution in [0.2, 0.25) is 5.02 Å². The largest absolute Gasteiger partial charge is 0.314 e. The van der Waals surface area contributed by atoms with Gasteiger partial charge < -0.3 is 5.32 Å². The summed E-state index contributed by atoms with van der Waals surface area (Å²) in [6.07, 6.45) is 1.87. The van der Waals surface area contributed by atoms with Crippen LogP contribution >= 0.6 is 11.6 Å². The standard InChI is InChI=1S/C13H13ClN2/c1-15-9-13-6-5-11(8-16-13)10-3-2-4-12(14)7-10/h2-8,15H,9H2,1H3. The van der Waals surface area contributed by atoms with E-state index in [0.717, 1.165) is 28.4 Å². The van der Waals surface area contributed by atoms with Crippen LogP contribution in [0.1, 0.15) is 5.69 Å². The third-order valence-electron chi connectivity index (χ3n) is 2.34. The minimum atomic E-state index is 0.747. The molecule has 0 unspecified atom stereocenters. The third kappa shape index (κ3) is 2.60. The molecule has 3 heteroatoms. The van der Waals surface area contributed by atoms with Crippen molar-refractivity contribution < 1.29 is 0 Å². The summed E-state index contributed by atoms with van der Waals surface area (Å²) in [6.45, 7) is 0.788. The molecular weight excluding hydrogens is 220 g/mol. The minimum absolute atomic E-state index is 0.747. The van der Waals surface area contributed by atoms with Crippen LogP contribution in [0.25, 0.3) is 11.1 Å². The SMILES string of the molecule is CNCc1ccc(-c2cccc(Cl)c2)cn1. The minimum Gasteiger partial charge on any atom is -0.314 e. The maximum Gasteiger partial charge on any atom is 0.0542 e. The maximum atomic E-state index is 5.95. The lowest BCUT2D eigenvalue weighted by atomic mass is 10.1. The van der Waals surface area contributed by atoms with E-state index in [2.05, 4.69) is 16.4 Å². The Morgan fingerprint density at radius 1 is 1.19 bits per heavy atom. The van der Waals surface area contributed by atoms with Gasteiger partial charge in [-0.2, -0.15) is 0 Å². The molecular formula is C13H13ClN2. The number of halogens is 1. The number of pyridine rings is 1. The van der Waals surface area contributed by atoms with Gasteiger partial charge in [0.05, 0.1) is 5.69 Å². The smallest absolute Gasteiger partial charge is 0.0542 e. The molecule has 1 aromatic carbocycles. The van der Waals surface area contributed by atoms with Crippen molar-refractivity contribution in [3.8, 4) is 11.1 Å². The predicted octanol–water partition coefficient (Wildman–Crippen LogP) is 3.12. The summed E-state index contributed by atoms with van der Waals surface area (Å²) in [5.41, 5.74) is 3.21. The van der Waals surface area contributed by atoms with Crippen LogP contribution in [0, 0.1) is 0 Å². The van der Waals surface area contributed by atoms with E-state index in [9.17, 15) is 0 Å². The molecule has 0 radical (unpaired) electrons. The number of hydrogen-bond acceptors (Lipinski definition) is 2. The lowest BCUT2D eigenvalue weighted by Gasteiger charge is -2.03. The van der Waals surface area contributed by atoms with Crippen molar-refractivity contribution in [2.75, 3.05) is 7.05 Å². The fourth-order valence-corrected chi connectivity index (χ4v) is 1.74. The molecule has 16 heavy (non-hydrogen) atoms. The molecule has 0 amide bonds. The predicted molar refractivity (Wildman–Crippen MR) is 67.4 cm³/mol. The summed E-state index contributed by atoms with van der Waals surface area (Å²) < 4.78 is 0. The average Bonchev–Trinajstić information content (AvgIpc) is 2.30. The maximum absolute atomic E-state index is 5.95. The summed E-state index contributed by atoms with van der Waals surface area (Å²) in [6, 6.07) is 11.9. The molecule has 2 aromatic rings. The molecule has 0 atom stereocenters. The monoisotopic (exact) mass is 232 g/mol. The van der Waals surface area contributed by atoms with Crippen molar-refractivity contribution >= 4 is 11.6 Å². The van der Waals surface area contributed by atoms with Crippen molar-refractivity contribution in [2.24, 2.45) is 0 Å².